The molecule has 31 heavy (non-hydrogen) atoms. The summed E-state index contributed by atoms with van der Waals surface area (Å²) in [5.41, 5.74) is 1.61. The fourth-order valence-electron chi connectivity index (χ4n) is 6.70. The van der Waals surface area contributed by atoms with Gasteiger partial charge in [-0.1, -0.05) is 35.3 Å². The summed E-state index contributed by atoms with van der Waals surface area (Å²) in [6.45, 7) is 3.22. The predicted octanol–water partition coefficient (Wildman–Crippen LogP) is 7.00. The lowest BCUT2D eigenvalue weighted by molar-refractivity contribution is -0.0775. The van der Waals surface area contributed by atoms with Crippen molar-refractivity contribution < 1.29 is 9.53 Å². The molecule has 0 unspecified atom stereocenters. The standard InChI is InChI=1S/C26H29Cl2NO2/c1-2-31-22-6-3-17(4-7-22)16-29(25(30)23-8-5-21(27)12-24(23)28)26-13-18-9-19(14-26)11-20(10-18)15-26/h3-8,12,18-20H,2,9-11,13-16H2,1H3. The Morgan fingerprint density at radius 1 is 1.00 bits per heavy atom. The molecule has 0 atom stereocenters. The van der Waals surface area contributed by atoms with E-state index in [2.05, 4.69) is 17.0 Å². The maximum atomic E-state index is 13.9. The van der Waals surface area contributed by atoms with Crippen molar-refractivity contribution in [1.29, 1.82) is 0 Å². The summed E-state index contributed by atoms with van der Waals surface area (Å²) in [6, 6.07) is 13.4. The van der Waals surface area contributed by atoms with Crippen molar-refractivity contribution in [2.24, 2.45) is 17.8 Å². The molecule has 1 amide bonds. The lowest BCUT2D eigenvalue weighted by Crippen LogP contribution is -2.61. The van der Waals surface area contributed by atoms with Crippen LogP contribution in [0.1, 0.15) is 61.4 Å². The SMILES string of the molecule is CCOc1ccc(CN(C(=O)c2ccc(Cl)cc2Cl)C23CC4CC(CC(C4)C2)C3)cc1. The summed E-state index contributed by atoms with van der Waals surface area (Å²) in [5, 5.41) is 0.980. The number of halogens is 2. The largest absolute Gasteiger partial charge is 0.494 e. The monoisotopic (exact) mass is 457 g/mol. The van der Waals surface area contributed by atoms with Crippen molar-refractivity contribution in [3.63, 3.8) is 0 Å². The van der Waals surface area contributed by atoms with Crippen LogP contribution in [-0.2, 0) is 6.54 Å². The lowest BCUT2D eigenvalue weighted by atomic mass is 9.52. The highest BCUT2D eigenvalue weighted by Crippen LogP contribution is 2.58. The zero-order valence-electron chi connectivity index (χ0n) is 17.9. The highest BCUT2D eigenvalue weighted by Gasteiger charge is 2.54. The van der Waals surface area contributed by atoms with Gasteiger partial charge in [-0.3, -0.25) is 4.79 Å². The summed E-state index contributed by atoms with van der Waals surface area (Å²) in [5.74, 6) is 3.14. The number of carbonyl (C=O) groups is 1. The van der Waals surface area contributed by atoms with E-state index in [0.29, 0.717) is 28.8 Å². The quantitative estimate of drug-likeness (QED) is 0.466. The number of ether oxygens (including phenoxy) is 1. The maximum absolute atomic E-state index is 13.9. The van der Waals surface area contributed by atoms with E-state index < -0.39 is 0 Å². The molecule has 6 rings (SSSR count). The number of rotatable bonds is 6. The molecule has 4 aliphatic rings. The van der Waals surface area contributed by atoms with Crippen molar-refractivity contribution in [2.75, 3.05) is 6.61 Å². The Balaban J connectivity index is 1.50. The minimum atomic E-state index is -0.0621. The number of hydrogen-bond acceptors (Lipinski definition) is 2. The average Bonchev–Trinajstić information content (AvgIpc) is 2.72. The van der Waals surface area contributed by atoms with Gasteiger partial charge in [0.25, 0.3) is 5.91 Å². The molecular weight excluding hydrogens is 429 g/mol. The molecule has 0 heterocycles. The molecule has 0 N–H and O–H groups in total. The molecule has 4 aliphatic carbocycles. The Labute approximate surface area is 194 Å². The molecule has 3 nitrogen and oxygen atoms in total. The summed E-state index contributed by atoms with van der Waals surface area (Å²) < 4.78 is 5.60. The second-order valence-corrected chi connectivity index (χ2v) is 10.6. The van der Waals surface area contributed by atoms with Crippen LogP contribution in [0.2, 0.25) is 10.0 Å². The highest BCUT2D eigenvalue weighted by atomic mass is 35.5. The van der Waals surface area contributed by atoms with Gasteiger partial charge in [0.05, 0.1) is 17.2 Å². The van der Waals surface area contributed by atoms with Gasteiger partial charge in [0.15, 0.2) is 0 Å². The van der Waals surface area contributed by atoms with E-state index in [1.54, 1.807) is 18.2 Å². The van der Waals surface area contributed by atoms with Crippen LogP contribution in [0.25, 0.3) is 0 Å². The van der Waals surface area contributed by atoms with Gasteiger partial charge >= 0.3 is 0 Å². The van der Waals surface area contributed by atoms with Crippen molar-refractivity contribution in [3.05, 3.63) is 63.6 Å². The molecule has 0 saturated heterocycles. The van der Waals surface area contributed by atoms with Crippen molar-refractivity contribution in [2.45, 2.75) is 57.5 Å². The van der Waals surface area contributed by atoms with Gasteiger partial charge in [-0.15, -0.1) is 0 Å². The number of hydrogen-bond donors (Lipinski definition) is 0. The summed E-state index contributed by atoms with van der Waals surface area (Å²) in [4.78, 5) is 16.1. The topological polar surface area (TPSA) is 29.5 Å². The number of carbonyl (C=O) groups excluding carboxylic acids is 1. The third kappa shape index (κ3) is 4.07. The Bertz CT molecular complexity index is 937. The van der Waals surface area contributed by atoms with Gasteiger partial charge < -0.3 is 9.64 Å². The van der Waals surface area contributed by atoms with Crippen LogP contribution >= 0.6 is 23.2 Å². The minimum Gasteiger partial charge on any atom is -0.494 e. The maximum Gasteiger partial charge on any atom is 0.256 e. The zero-order chi connectivity index (χ0) is 21.6. The molecule has 0 aromatic heterocycles. The molecule has 2 aromatic rings. The van der Waals surface area contributed by atoms with Gasteiger partial charge in [-0.05, 0) is 99.1 Å². The fourth-order valence-corrected chi connectivity index (χ4v) is 7.19. The first-order chi connectivity index (χ1) is 15.0. The normalized spacial score (nSPS) is 28.5. The minimum absolute atomic E-state index is 0.0255. The smallest absolute Gasteiger partial charge is 0.256 e. The summed E-state index contributed by atoms with van der Waals surface area (Å²) >= 11 is 12.6. The molecule has 4 fully saturated rings. The van der Waals surface area contributed by atoms with Gasteiger partial charge in [-0.2, -0.15) is 0 Å². The molecule has 0 aliphatic heterocycles. The highest BCUT2D eigenvalue weighted by molar-refractivity contribution is 6.36. The number of nitrogens with zero attached hydrogens (tertiary/aromatic N) is 1. The molecule has 164 valence electrons. The summed E-state index contributed by atoms with van der Waals surface area (Å²) in [6.07, 6.45) is 7.37. The van der Waals surface area contributed by atoms with Gasteiger partial charge in [0.2, 0.25) is 0 Å². The second-order valence-electron chi connectivity index (χ2n) is 9.73. The van der Waals surface area contributed by atoms with E-state index in [1.807, 2.05) is 19.1 Å². The molecule has 5 heteroatoms. The van der Waals surface area contributed by atoms with Gasteiger partial charge in [-0.25, -0.2) is 0 Å². The second kappa shape index (κ2) is 8.33. The molecule has 0 spiro atoms. The van der Waals surface area contributed by atoms with E-state index >= 15 is 0 Å². The zero-order valence-corrected chi connectivity index (χ0v) is 19.5. The third-order valence-corrected chi connectivity index (χ3v) is 8.11. The predicted molar refractivity (Wildman–Crippen MR) is 125 cm³/mol. The molecule has 4 saturated carbocycles. The Morgan fingerprint density at radius 2 is 1.61 bits per heavy atom. The van der Waals surface area contributed by atoms with Crippen molar-refractivity contribution in [3.8, 4) is 5.75 Å². The third-order valence-electron chi connectivity index (χ3n) is 7.56. The van der Waals surface area contributed by atoms with E-state index in [9.17, 15) is 4.79 Å². The first kappa shape index (κ1) is 21.2. The van der Waals surface area contributed by atoms with Crippen molar-refractivity contribution in [1.82, 2.24) is 4.90 Å². The van der Waals surface area contributed by atoms with Crippen LogP contribution < -0.4 is 4.74 Å². The summed E-state index contributed by atoms with van der Waals surface area (Å²) in [7, 11) is 0. The lowest BCUT2D eigenvalue weighted by Gasteiger charge is -2.60. The van der Waals surface area contributed by atoms with Crippen LogP contribution in [0.15, 0.2) is 42.5 Å². The van der Waals surface area contributed by atoms with Crippen LogP contribution in [0.4, 0.5) is 0 Å². The van der Waals surface area contributed by atoms with E-state index in [1.165, 1.54) is 19.3 Å². The van der Waals surface area contributed by atoms with Crippen LogP contribution in [0.3, 0.4) is 0 Å². The van der Waals surface area contributed by atoms with Gasteiger partial charge in [0, 0.05) is 17.1 Å². The number of amides is 1. The van der Waals surface area contributed by atoms with E-state index in [4.69, 9.17) is 27.9 Å². The van der Waals surface area contributed by atoms with Gasteiger partial charge in [0.1, 0.15) is 5.75 Å². The molecule has 0 radical (unpaired) electrons. The Hall–Kier alpha value is -1.71. The van der Waals surface area contributed by atoms with Crippen LogP contribution in [-0.4, -0.2) is 23.0 Å². The molecular formula is C26H29Cl2NO2. The average molecular weight is 458 g/mol. The fraction of sp³-hybridized carbons (Fsp3) is 0.500. The van der Waals surface area contributed by atoms with E-state index in [-0.39, 0.29) is 11.4 Å². The molecule has 2 aromatic carbocycles. The first-order valence-corrected chi connectivity index (χ1v) is 12.2. The molecule has 4 bridgehead atoms. The Morgan fingerprint density at radius 3 is 2.16 bits per heavy atom. The van der Waals surface area contributed by atoms with Crippen LogP contribution in [0.5, 0.6) is 5.75 Å². The first-order valence-electron chi connectivity index (χ1n) is 11.4. The Kier molecular flexibility index (Phi) is 5.68. The number of benzene rings is 2. The van der Waals surface area contributed by atoms with E-state index in [0.717, 1.165) is 48.3 Å². The van der Waals surface area contributed by atoms with Crippen molar-refractivity contribution >= 4 is 29.1 Å². The van der Waals surface area contributed by atoms with Crippen LogP contribution in [0, 0.1) is 17.8 Å².